The fraction of sp³-hybridized carbons (Fsp3) is 0.250. The Balaban J connectivity index is 1.76. The van der Waals surface area contributed by atoms with E-state index in [2.05, 4.69) is 21.7 Å². The lowest BCUT2D eigenvalue weighted by molar-refractivity contribution is 0.540. The van der Waals surface area contributed by atoms with Crippen molar-refractivity contribution in [1.29, 1.82) is 5.26 Å². The molecular formula is C12H13N5. The number of nitrogens with one attached hydrogen (secondary N) is 1. The maximum Gasteiger partial charge on any atom is 0.0991 e. The van der Waals surface area contributed by atoms with E-state index in [4.69, 9.17) is 5.26 Å². The van der Waals surface area contributed by atoms with Crippen LogP contribution in [0, 0.1) is 11.3 Å². The maximum atomic E-state index is 8.77. The monoisotopic (exact) mass is 227 g/mol. The topological polar surface area (TPSA) is 66.5 Å². The Morgan fingerprint density at radius 3 is 3.12 bits per heavy atom. The summed E-state index contributed by atoms with van der Waals surface area (Å²) in [7, 11) is 0. The number of rotatable bonds is 5. The predicted octanol–water partition coefficient (Wildman–Crippen LogP) is 0.940. The largest absolute Gasteiger partial charge is 0.311 e. The van der Waals surface area contributed by atoms with Gasteiger partial charge in [0.1, 0.15) is 0 Å². The molecule has 86 valence electrons. The third-order valence-corrected chi connectivity index (χ3v) is 2.37. The van der Waals surface area contributed by atoms with Crippen LogP contribution in [0.2, 0.25) is 0 Å². The molecule has 0 spiro atoms. The molecule has 1 N–H and O–H groups in total. The van der Waals surface area contributed by atoms with Gasteiger partial charge in [0.15, 0.2) is 0 Å². The van der Waals surface area contributed by atoms with Crippen molar-refractivity contribution in [2.24, 2.45) is 0 Å². The molecule has 0 bridgehead atoms. The first-order valence-electron chi connectivity index (χ1n) is 5.42. The summed E-state index contributed by atoms with van der Waals surface area (Å²) in [4.78, 5) is 0. The van der Waals surface area contributed by atoms with Gasteiger partial charge in [-0.2, -0.15) is 5.26 Å². The molecule has 17 heavy (non-hydrogen) atoms. The molecule has 1 heterocycles. The number of hydrogen-bond donors (Lipinski definition) is 1. The molecule has 0 aliphatic rings. The second-order valence-corrected chi connectivity index (χ2v) is 3.66. The molecule has 0 aliphatic heterocycles. The second kappa shape index (κ2) is 5.77. The van der Waals surface area contributed by atoms with Crippen LogP contribution < -0.4 is 5.32 Å². The van der Waals surface area contributed by atoms with E-state index in [1.165, 1.54) is 0 Å². The molecule has 2 aromatic rings. The molecule has 0 unspecified atom stereocenters. The highest BCUT2D eigenvalue weighted by Crippen LogP contribution is 2.03. The van der Waals surface area contributed by atoms with E-state index < -0.39 is 0 Å². The summed E-state index contributed by atoms with van der Waals surface area (Å²) >= 11 is 0. The summed E-state index contributed by atoms with van der Waals surface area (Å²) in [6.45, 7) is 2.36. The van der Waals surface area contributed by atoms with Gasteiger partial charge in [-0.1, -0.05) is 17.3 Å². The lowest BCUT2D eigenvalue weighted by Crippen LogP contribution is -2.19. The third kappa shape index (κ3) is 3.40. The van der Waals surface area contributed by atoms with Gasteiger partial charge in [0.25, 0.3) is 0 Å². The van der Waals surface area contributed by atoms with Crippen LogP contribution in [0.1, 0.15) is 11.1 Å². The van der Waals surface area contributed by atoms with E-state index in [9.17, 15) is 0 Å². The average Bonchev–Trinajstić information content (AvgIpc) is 2.88. The molecule has 0 radical (unpaired) electrons. The van der Waals surface area contributed by atoms with E-state index in [1.54, 1.807) is 16.9 Å². The van der Waals surface area contributed by atoms with Crippen molar-refractivity contribution < 1.29 is 0 Å². The van der Waals surface area contributed by atoms with Crippen LogP contribution in [0.3, 0.4) is 0 Å². The number of aromatic nitrogens is 3. The molecule has 2 rings (SSSR count). The highest BCUT2D eigenvalue weighted by atomic mass is 15.4. The highest BCUT2D eigenvalue weighted by molar-refractivity contribution is 5.32. The van der Waals surface area contributed by atoms with Crippen molar-refractivity contribution in [2.75, 3.05) is 6.54 Å². The Bertz CT molecular complexity index is 498. The Morgan fingerprint density at radius 1 is 1.41 bits per heavy atom. The molecule has 0 atom stereocenters. The Labute approximate surface area is 99.7 Å². The third-order valence-electron chi connectivity index (χ3n) is 2.37. The quantitative estimate of drug-likeness (QED) is 0.772. The number of nitrogens with zero attached hydrogens (tertiary/aromatic N) is 4. The summed E-state index contributed by atoms with van der Waals surface area (Å²) in [5, 5.41) is 19.7. The predicted molar refractivity (Wildman–Crippen MR) is 62.9 cm³/mol. The first kappa shape index (κ1) is 11.3. The summed E-state index contributed by atoms with van der Waals surface area (Å²) in [5.74, 6) is 0. The maximum absolute atomic E-state index is 8.77. The zero-order valence-electron chi connectivity index (χ0n) is 9.37. The van der Waals surface area contributed by atoms with Crippen molar-refractivity contribution >= 4 is 0 Å². The van der Waals surface area contributed by atoms with E-state index in [0.717, 1.165) is 25.2 Å². The zero-order valence-corrected chi connectivity index (χ0v) is 9.37. The molecule has 0 fully saturated rings. The van der Waals surface area contributed by atoms with Crippen molar-refractivity contribution in [1.82, 2.24) is 20.3 Å². The standard InChI is InChI=1S/C12H13N5/c13-9-11-2-1-3-12(8-11)10-14-4-6-17-7-5-15-16-17/h1-3,5,7-8,14H,4,6,10H2. The minimum absolute atomic E-state index is 0.695. The molecular weight excluding hydrogens is 214 g/mol. The second-order valence-electron chi connectivity index (χ2n) is 3.66. The van der Waals surface area contributed by atoms with Crippen LogP contribution in [0.15, 0.2) is 36.7 Å². The van der Waals surface area contributed by atoms with Crippen molar-refractivity contribution in [2.45, 2.75) is 13.1 Å². The SMILES string of the molecule is N#Cc1cccc(CNCCn2ccnn2)c1. The lowest BCUT2D eigenvalue weighted by Gasteiger charge is -2.04. The molecule has 5 nitrogen and oxygen atoms in total. The molecule has 0 saturated carbocycles. The minimum atomic E-state index is 0.695. The Kier molecular flexibility index (Phi) is 3.84. The van der Waals surface area contributed by atoms with Gasteiger partial charge < -0.3 is 5.32 Å². The van der Waals surface area contributed by atoms with Crippen molar-refractivity contribution in [3.63, 3.8) is 0 Å². The van der Waals surface area contributed by atoms with E-state index in [-0.39, 0.29) is 0 Å². The van der Waals surface area contributed by atoms with E-state index >= 15 is 0 Å². The van der Waals surface area contributed by atoms with Crippen LogP contribution in [-0.2, 0) is 13.1 Å². The first-order chi connectivity index (χ1) is 8.38. The van der Waals surface area contributed by atoms with E-state index in [1.807, 2.05) is 24.4 Å². The molecule has 1 aromatic carbocycles. The van der Waals surface area contributed by atoms with Gasteiger partial charge in [0, 0.05) is 19.3 Å². The Morgan fingerprint density at radius 2 is 2.35 bits per heavy atom. The van der Waals surface area contributed by atoms with E-state index in [0.29, 0.717) is 5.56 Å². The van der Waals surface area contributed by atoms with Gasteiger partial charge in [-0.15, -0.1) is 5.10 Å². The molecule has 0 saturated heterocycles. The Hall–Kier alpha value is -2.19. The van der Waals surface area contributed by atoms with Gasteiger partial charge in [-0.05, 0) is 17.7 Å². The summed E-state index contributed by atoms with van der Waals surface area (Å²) < 4.78 is 1.78. The van der Waals surface area contributed by atoms with Gasteiger partial charge >= 0.3 is 0 Å². The number of nitriles is 1. The van der Waals surface area contributed by atoms with Crippen LogP contribution in [0.5, 0.6) is 0 Å². The molecule has 1 aromatic heterocycles. The van der Waals surface area contributed by atoms with Gasteiger partial charge in [-0.25, -0.2) is 0 Å². The molecule has 0 aliphatic carbocycles. The number of benzene rings is 1. The van der Waals surface area contributed by atoms with Crippen molar-refractivity contribution in [3.8, 4) is 6.07 Å². The van der Waals surface area contributed by atoms with Crippen LogP contribution in [0.25, 0.3) is 0 Å². The molecule has 5 heteroatoms. The van der Waals surface area contributed by atoms with Crippen LogP contribution >= 0.6 is 0 Å². The fourth-order valence-corrected chi connectivity index (χ4v) is 1.53. The smallest absolute Gasteiger partial charge is 0.0991 e. The number of hydrogen-bond acceptors (Lipinski definition) is 4. The highest BCUT2D eigenvalue weighted by Gasteiger charge is 1.95. The van der Waals surface area contributed by atoms with Gasteiger partial charge in [0.05, 0.1) is 24.4 Å². The van der Waals surface area contributed by atoms with Crippen LogP contribution in [-0.4, -0.2) is 21.5 Å². The fourth-order valence-electron chi connectivity index (χ4n) is 1.53. The van der Waals surface area contributed by atoms with Crippen molar-refractivity contribution in [3.05, 3.63) is 47.8 Å². The van der Waals surface area contributed by atoms with Gasteiger partial charge in [-0.3, -0.25) is 4.68 Å². The minimum Gasteiger partial charge on any atom is -0.311 e. The summed E-state index contributed by atoms with van der Waals surface area (Å²) in [6, 6.07) is 9.72. The first-order valence-corrected chi connectivity index (χ1v) is 5.42. The van der Waals surface area contributed by atoms with Crippen LogP contribution in [0.4, 0.5) is 0 Å². The van der Waals surface area contributed by atoms with Gasteiger partial charge in [0.2, 0.25) is 0 Å². The molecule has 0 amide bonds. The normalized spacial score (nSPS) is 10.1. The lowest BCUT2D eigenvalue weighted by atomic mass is 10.1. The average molecular weight is 227 g/mol. The summed E-state index contributed by atoms with van der Waals surface area (Å²) in [5.41, 5.74) is 1.81. The summed E-state index contributed by atoms with van der Waals surface area (Å²) in [6.07, 6.45) is 3.49. The zero-order chi connectivity index (χ0) is 11.9.